The number of carboxylic acids is 1. The highest BCUT2D eigenvalue weighted by Gasteiger charge is 2.09. The largest absolute Gasteiger partial charge is 0.478 e. The number of carbonyl (C=O) groups excluding carboxylic acids is 1. The minimum absolute atomic E-state index is 0.219. The minimum Gasteiger partial charge on any atom is -0.478 e. The number of amides is 1. The molecule has 0 saturated heterocycles. The molecule has 0 saturated carbocycles. The fraction of sp³-hybridized carbons (Fsp3) is 0.0833. The second kappa shape index (κ2) is 9.13. The number of hydrogen-bond acceptors (Lipinski definition) is 6. The van der Waals surface area contributed by atoms with Crippen LogP contribution in [0.4, 0.5) is 11.6 Å². The summed E-state index contributed by atoms with van der Waals surface area (Å²) < 4.78 is 5.46. The Morgan fingerprint density at radius 2 is 1.69 bits per heavy atom. The van der Waals surface area contributed by atoms with Crippen LogP contribution < -0.4 is 10.6 Å². The second-order valence-corrected chi connectivity index (χ2v) is 7.08. The highest BCUT2D eigenvalue weighted by Crippen LogP contribution is 2.20. The molecule has 4 rings (SSSR count). The van der Waals surface area contributed by atoms with Gasteiger partial charge in [-0.25, -0.2) is 14.8 Å². The number of anilines is 2. The summed E-state index contributed by atoms with van der Waals surface area (Å²) in [4.78, 5) is 32.0. The maximum absolute atomic E-state index is 12.4. The predicted molar refractivity (Wildman–Crippen MR) is 119 cm³/mol. The van der Waals surface area contributed by atoms with E-state index in [0.29, 0.717) is 29.5 Å². The van der Waals surface area contributed by atoms with Crippen LogP contribution in [0.2, 0.25) is 0 Å². The van der Waals surface area contributed by atoms with Crippen molar-refractivity contribution in [1.82, 2.24) is 15.3 Å². The fourth-order valence-corrected chi connectivity index (χ4v) is 3.06. The van der Waals surface area contributed by atoms with Crippen molar-refractivity contribution in [1.29, 1.82) is 0 Å². The van der Waals surface area contributed by atoms with Crippen LogP contribution in [-0.4, -0.2) is 27.0 Å². The van der Waals surface area contributed by atoms with E-state index in [4.69, 9.17) is 9.52 Å². The highest BCUT2D eigenvalue weighted by atomic mass is 16.4. The van der Waals surface area contributed by atoms with Gasteiger partial charge in [0.05, 0.1) is 12.1 Å². The number of hydrogen-bond donors (Lipinski definition) is 3. The third-order valence-corrected chi connectivity index (χ3v) is 4.72. The van der Waals surface area contributed by atoms with Crippen LogP contribution in [0, 0.1) is 6.92 Å². The monoisotopic (exact) mass is 428 g/mol. The molecule has 0 radical (unpaired) electrons. The van der Waals surface area contributed by atoms with E-state index in [1.54, 1.807) is 42.7 Å². The van der Waals surface area contributed by atoms with Gasteiger partial charge in [-0.15, -0.1) is 0 Å². The molecule has 2 aromatic carbocycles. The quantitative estimate of drug-likeness (QED) is 0.399. The Morgan fingerprint density at radius 3 is 2.34 bits per heavy atom. The summed E-state index contributed by atoms with van der Waals surface area (Å²) in [6, 6.07) is 17.2. The molecule has 8 heteroatoms. The van der Waals surface area contributed by atoms with Crippen molar-refractivity contribution in [3.8, 4) is 11.1 Å². The van der Waals surface area contributed by atoms with E-state index in [1.807, 2.05) is 25.1 Å². The molecule has 0 spiro atoms. The molecule has 0 atom stereocenters. The van der Waals surface area contributed by atoms with E-state index in [0.717, 1.165) is 16.9 Å². The molecular weight excluding hydrogens is 408 g/mol. The van der Waals surface area contributed by atoms with Gasteiger partial charge in [-0.1, -0.05) is 18.2 Å². The van der Waals surface area contributed by atoms with Gasteiger partial charge in [0.2, 0.25) is 5.95 Å². The van der Waals surface area contributed by atoms with Crippen LogP contribution in [0.3, 0.4) is 0 Å². The van der Waals surface area contributed by atoms with Gasteiger partial charge in [-0.3, -0.25) is 4.79 Å². The lowest BCUT2D eigenvalue weighted by Gasteiger charge is -2.08. The number of benzene rings is 2. The normalized spacial score (nSPS) is 10.5. The Balaban J connectivity index is 1.40. The number of rotatable bonds is 7. The van der Waals surface area contributed by atoms with Gasteiger partial charge < -0.3 is 20.2 Å². The van der Waals surface area contributed by atoms with E-state index < -0.39 is 5.97 Å². The van der Waals surface area contributed by atoms with Crippen molar-refractivity contribution >= 4 is 23.5 Å². The molecule has 0 aliphatic heterocycles. The topological polar surface area (TPSA) is 117 Å². The van der Waals surface area contributed by atoms with Gasteiger partial charge >= 0.3 is 5.97 Å². The molecule has 0 aliphatic carbocycles. The summed E-state index contributed by atoms with van der Waals surface area (Å²) in [5.74, 6) is 0.669. The van der Waals surface area contributed by atoms with Crippen LogP contribution in [0.1, 0.15) is 32.2 Å². The van der Waals surface area contributed by atoms with Gasteiger partial charge in [0.15, 0.2) is 0 Å². The first-order valence-corrected chi connectivity index (χ1v) is 9.84. The number of aromatic nitrogens is 2. The molecule has 8 nitrogen and oxygen atoms in total. The maximum Gasteiger partial charge on any atom is 0.335 e. The molecule has 0 bridgehead atoms. The summed E-state index contributed by atoms with van der Waals surface area (Å²) in [6.45, 7) is 2.16. The second-order valence-electron chi connectivity index (χ2n) is 7.08. The Kier molecular flexibility index (Phi) is 5.94. The number of nitrogens with one attached hydrogen (secondary N) is 2. The molecule has 2 heterocycles. The fourth-order valence-electron chi connectivity index (χ4n) is 3.06. The molecule has 4 aromatic rings. The van der Waals surface area contributed by atoms with E-state index in [-0.39, 0.29) is 11.5 Å². The van der Waals surface area contributed by atoms with Crippen LogP contribution in [0.15, 0.2) is 77.5 Å². The molecule has 0 fully saturated rings. The molecule has 160 valence electrons. The summed E-state index contributed by atoms with van der Waals surface area (Å²) >= 11 is 0. The highest BCUT2D eigenvalue weighted by molar-refractivity contribution is 5.95. The first kappa shape index (κ1) is 20.8. The average Bonchev–Trinajstić information content (AvgIpc) is 3.23. The van der Waals surface area contributed by atoms with Gasteiger partial charge in [0, 0.05) is 29.2 Å². The molecule has 0 aliphatic rings. The van der Waals surface area contributed by atoms with Crippen LogP contribution in [-0.2, 0) is 6.54 Å². The Hall–Kier alpha value is -4.46. The number of nitrogens with zero attached hydrogens (tertiary/aromatic N) is 2. The molecule has 32 heavy (non-hydrogen) atoms. The number of carboxylic acid groups (broad SMARTS) is 1. The van der Waals surface area contributed by atoms with Gasteiger partial charge in [0.25, 0.3) is 5.91 Å². The zero-order chi connectivity index (χ0) is 22.5. The standard InChI is InChI=1S/C24H20N4O4/c1-15-5-10-21(32-15)14-25-22(29)18-3-2-4-20(11-18)28-24-26-12-19(13-27-24)16-6-8-17(9-7-16)23(30)31/h2-13H,14H2,1H3,(H,25,29)(H,30,31)(H,26,27,28). The average molecular weight is 428 g/mol. The Labute approximate surface area is 184 Å². The van der Waals surface area contributed by atoms with Crippen LogP contribution >= 0.6 is 0 Å². The lowest BCUT2D eigenvalue weighted by atomic mass is 10.1. The summed E-state index contributed by atoms with van der Waals surface area (Å²) in [7, 11) is 0. The van der Waals surface area contributed by atoms with E-state index >= 15 is 0 Å². The Bertz CT molecular complexity index is 1250. The SMILES string of the molecule is Cc1ccc(CNC(=O)c2cccc(Nc3ncc(-c4ccc(C(=O)O)cc4)cn3)c2)o1. The van der Waals surface area contributed by atoms with Crippen molar-refractivity contribution in [3.05, 3.63) is 95.7 Å². The Morgan fingerprint density at radius 1 is 0.938 bits per heavy atom. The first-order chi connectivity index (χ1) is 15.5. The van der Waals surface area contributed by atoms with Crippen molar-refractivity contribution in [3.63, 3.8) is 0 Å². The smallest absolute Gasteiger partial charge is 0.335 e. The van der Waals surface area contributed by atoms with E-state index in [1.165, 1.54) is 12.1 Å². The summed E-state index contributed by atoms with van der Waals surface area (Å²) in [5.41, 5.74) is 2.95. The number of carbonyl (C=O) groups is 2. The predicted octanol–water partition coefficient (Wildman–Crippen LogP) is 4.42. The minimum atomic E-state index is -0.973. The van der Waals surface area contributed by atoms with Crippen molar-refractivity contribution in [2.75, 3.05) is 5.32 Å². The van der Waals surface area contributed by atoms with Crippen molar-refractivity contribution < 1.29 is 19.1 Å². The third-order valence-electron chi connectivity index (χ3n) is 4.72. The number of aryl methyl sites for hydroxylation is 1. The van der Waals surface area contributed by atoms with Gasteiger partial charge in [-0.2, -0.15) is 0 Å². The molecule has 3 N–H and O–H groups in total. The van der Waals surface area contributed by atoms with Gasteiger partial charge in [0.1, 0.15) is 11.5 Å². The third kappa shape index (κ3) is 4.99. The lowest BCUT2D eigenvalue weighted by molar-refractivity contribution is 0.0696. The summed E-state index contributed by atoms with van der Waals surface area (Å²) in [6.07, 6.45) is 3.29. The lowest BCUT2D eigenvalue weighted by Crippen LogP contribution is -2.22. The summed E-state index contributed by atoms with van der Waals surface area (Å²) in [5, 5.41) is 14.9. The molecule has 2 aromatic heterocycles. The van der Waals surface area contributed by atoms with E-state index in [2.05, 4.69) is 20.6 Å². The molecule has 0 unspecified atom stereocenters. The molecule has 1 amide bonds. The van der Waals surface area contributed by atoms with Crippen LogP contribution in [0.5, 0.6) is 0 Å². The van der Waals surface area contributed by atoms with Crippen LogP contribution in [0.25, 0.3) is 11.1 Å². The molecular formula is C24H20N4O4. The van der Waals surface area contributed by atoms with Crippen molar-refractivity contribution in [2.24, 2.45) is 0 Å². The van der Waals surface area contributed by atoms with E-state index in [9.17, 15) is 9.59 Å². The zero-order valence-corrected chi connectivity index (χ0v) is 17.2. The zero-order valence-electron chi connectivity index (χ0n) is 17.2. The van der Waals surface area contributed by atoms with Gasteiger partial charge in [-0.05, 0) is 55.0 Å². The number of furan rings is 1. The first-order valence-electron chi connectivity index (χ1n) is 9.84. The number of aromatic carboxylic acids is 1. The van der Waals surface area contributed by atoms with Crippen molar-refractivity contribution in [2.45, 2.75) is 13.5 Å². The maximum atomic E-state index is 12.4.